The number of thiazole rings is 1. The minimum absolute atomic E-state index is 0.0598. The summed E-state index contributed by atoms with van der Waals surface area (Å²) in [7, 11) is 0. The Labute approximate surface area is 116 Å². The molecule has 2 heterocycles. The van der Waals surface area contributed by atoms with Gasteiger partial charge in [-0.05, 0) is 38.0 Å². The molecule has 6 heteroatoms. The highest BCUT2D eigenvalue weighted by atomic mass is 32.1. The fraction of sp³-hybridized carbons (Fsp3) is 0.615. The smallest absolute Gasteiger partial charge is 0.321 e. The molecule has 0 aromatic carbocycles. The van der Waals surface area contributed by atoms with E-state index in [-0.39, 0.29) is 6.03 Å². The number of amides is 2. The number of carbonyl (C=O) groups is 1. The number of carbonyl (C=O) groups excluding carboxylic acids is 1. The van der Waals surface area contributed by atoms with E-state index >= 15 is 0 Å². The zero-order chi connectivity index (χ0) is 13.2. The Bertz CT molecular complexity index is 517. The number of nitrogens with one attached hydrogen (secondary N) is 1. The van der Waals surface area contributed by atoms with Crippen molar-refractivity contribution < 1.29 is 4.79 Å². The monoisotopic (exact) mass is 276 g/mol. The van der Waals surface area contributed by atoms with Gasteiger partial charge in [0.25, 0.3) is 0 Å². The second-order valence-electron chi connectivity index (χ2n) is 5.17. The maximum Gasteiger partial charge on any atom is 0.323 e. The molecule has 1 N–H and O–H groups in total. The molecule has 1 aliphatic carbocycles. The molecule has 2 aliphatic rings. The lowest BCUT2D eigenvalue weighted by atomic mass is 9.99. The van der Waals surface area contributed by atoms with Crippen molar-refractivity contribution in [3.63, 3.8) is 0 Å². The molecule has 0 bridgehead atoms. The Morgan fingerprint density at radius 2 is 2.32 bits per heavy atom. The lowest BCUT2D eigenvalue weighted by Gasteiger charge is -2.35. The van der Waals surface area contributed by atoms with Crippen LogP contribution < -0.4 is 5.32 Å². The average molecular weight is 276 g/mol. The van der Waals surface area contributed by atoms with Crippen molar-refractivity contribution in [2.75, 3.05) is 11.9 Å². The molecular formula is C13H16N4OS. The molecule has 1 saturated carbocycles. The fourth-order valence-corrected chi connectivity index (χ4v) is 3.33. The van der Waals surface area contributed by atoms with Crippen molar-refractivity contribution in [2.45, 2.75) is 38.1 Å². The molecule has 1 aliphatic heterocycles. The summed E-state index contributed by atoms with van der Waals surface area (Å²) in [5.74, 6) is 0.706. The molecule has 1 aromatic heterocycles. The highest BCUT2D eigenvalue weighted by Crippen LogP contribution is 2.39. The minimum atomic E-state index is -0.0598. The predicted octanol–water partition coefficient (Wildman–Crippen LogP) is 2.81. The van der Waals surface area contributed by atoms with Crippen LogP contribution in [0.5, 0.6) is 0 Å². The van der Waals surface area contributed by atoms with Gasteiger partial charge in [-0.3, -0.25) is 5.32 Å². The summed E-state index contributed by atoms with van der Waals surface area (Å²) in [6.45, 7) is 0.837. The van der Waals surface area contributed by atoms with Gasteiger partial charge in [0.15, 0.2) is 5.13 Å². The van der Waals surface area contributed by atoms with Crippen LogP contribution in [0.4, 0.5) is 9.93 Å². The van der Waals surface area contributed by atoms with Gasteiger partial charge in [-0.25, -0.2) is 9.78 Å². The fourth-order valence-electron chi connectivity index (χ4n) is 2.73. The number of nitriles is 1. The minimum Gasteiger partial charge on any atom is -0.321 e. The van der Waals surface area contributed by atoms with Gasteiger partial charge in [0.1, 0.15) is 10.9 Å². The number of hydrogen-bond donors (Lipinski definition) is 1. The third kappa shape index (κ3) is 2.71. The number of rotatable bonds is 2. The molecule has 5 nitrogen and oxygen atoms in total. The lowest BCUT2D eigenvalue weighted by Crippen LogP contribution is -2.46. The molecule has 19 heavy (non-hydrogen) atoms. The molecular weight excluding hydrogens is 260 g/mol. The van der Waals surface area contributed by atoms with Crippen molar-refractivity contribution in [3.05, 3.63) is 11.1 Å². The molecule has 1 atom stereocenters. The highest BCUT2D eigenvalue weighted by molar-refractivity contribution is 7.16. The molecule has 2 fully saturated rings. The number of urea groups is 1. The van der Waals surface area contributed by atoms with E-state index < -0.39 is 0 Å². The topological polar surface area (TPSA) is 69.0 Å². The van der Waals surface area contributed by atoms with Gasteiger partial charge in [-0.1, -0.05) is 11.3 Å². The first-order valence-electron chi connectivity index (χ1n) is 6.71. The summed E-state index contributed by atoms with van der Waals surface area (Å²) >= 11 is 1.22. The third-order valence-corrected chi connectivity index (χ3v) is 4.62. The quantitative estimate of drug-likeness (QED) is 0.903. The molecule has 0 spiro atoms. The van der Waals surface area contributed by atoms with Crippen LogP contribution >= 0.6 is 11.3 Å². The maximum absolute atomic E-state index is 12.3. The average Bonchev–Trinajstić information content (AvgIpc) is 3.19. The van der Waals surface area contributed by atoms with Crippen LogP contribution in [0.3, 0.4) is 0 Å². The van der Waals surface area contributed by atoms with E-state index in [9.17, 15) is 4.79 Å². The van der Waals surface area contributed by atoms with E-state index in [1.54, 1.807) is 0 Å². The second-order valence-corrected chi connectivity index (χ2v) is 6.20. The van der Waals surface area contributed by atoms with Gasteiger partial charge in [-0.2, -0.15) is 5.26 Å². The van der Waals surface area contributed by atoms with Crippen LogP contribution in [0.1, 0.15) is 37.0 Å². The predicted molar refractivity (Wildman–Crippen MR) is 72.9 cm³/mol. The van der Waals surface area contributed by atoms with E-state index in [1.807, 2.05) is 11.0 Å². The van der Waals surface area contributed by atoms with Crippen LogP contribution in [0.15, 0.2) is 6.20 Å². The molecule has 3 rings (SSSR count). The van der Waals surface area contributed by atoms with Crippen LogP contribution in [0.2, 0.25) is 0 Å². The molecule has 2 amide bonds. The third-order valence-electron chi connectivity index (χ3n) is 3.81. The molecule has 1 aromatic rings. The van der Waals surface area contributed by atoms with E-state index in [0.717, 1.165) is 19.4 Å². The first kappa shape index (κ1) is 12.4. The van der Waals surface area contributed by atoms with Gasteiger partial charge >= 0.3 is 6.03 Å². The molecule has 1 unspecified atom stereocenters. The molecule has 1 saturated heterocycles. The number of anilines is 1. The van der Waals surface area contributed by atoms with Gasteiger partial charge in [0.05, 0.1) is 6.20 Å². The zero-order valence-corrected chi connectivity index (χ0v) is 11.4. The van der Waals surface area contributed by atoms with Gasteiger partial charge in [0, 0.05) is 12.6 Å². The first-order chi connectivity index (χ1) is 9.28. The number of piperidine rings is 1. The SMILES string of the molecule is N#Cc1cnc(NC(=O)N2CCCCC2C2CC2)s1. The summed E-state index contributed by atoms with van der Waals surface area (Å²) in [5, 5.41) is 12.1. The Morgan fingerprint density at radius 3 is 3.00 bits per heavy atom. The number of nitrogens with zero attached hydrogens (tertiary/aromatic N) is 3. The van der Waals surface area contributed by atoms with Crippen molar-refractivity contribution in [3.8, 4) is 6.07 Å². The summed E-state index contributed by atoms with van der Waals surface area (Å²) in [6, 6.07) is 2.38. The number of aromatic nitrogens is 1. The standard InChI is InChI=1S/C13H16N4OS/c14-7-10-8-15-12(19-10)16-13(18)17-6-2-1-3-11(17)9-4-5-9/h8-9,11H,1-6H2,(H,15,16,18). The largest absolute Gasteiger partial charge is 0.323 e. The second kappa shape index (κ2) is 5.17. The lowest BCUT2D eigenvalue weighted by molar-refractivity contribution is 0.151. The van der Waals surface area contributed by atoms with Crippen molar-refractivity contribution in [1.82, 2.24) is 9.88 Å². The Morgan fingerprint density at radius 1 is 1.47 bits per heavy atom. The van der Waals surface area contributed by atoms with Crippen LogP contribution in [-0.2, 0) is 0 Å². The van der Waals surface area contributed by atoms with Crippen LogP contribution in [0.25, 0.3) is 0 Å². The molecule has 100 valence electrons. The van der Waals surface area contributed by atoms with Crippen molar-refractivity contribution >= 4 is 22.5 Å². The Hall–Kier alpha value is -1.61. The summed E-state index contributed by atoms with van der Waals surface area (Å²) in [4.78, 5) is 18.8. The zero-order valence-electron chi connectivity index (χ0n) is 10.6. The van der Waals surface area contributed by atoms with E-state index in [0.29, 0.717) is 22.0 Å². The van der Waals surface area contributed by atoms with E-state index in [4.69, 9.17) is 5.26 Å². The number of likely N-dealkylation sites (tertiary alicyclic amines) is 1. The van der Waals surface area contributed by atoms with Gasteiger partial charge < -0.3 is 4.90 Å². The van der Waals surface area contributed by atoms with Gasteiger partial charge in [0.2, 0.25) is 0 Å². The molecule has 0 radical (unpaired) electrons. The number of hydrogen-bond acceptors (Lipinski definition) is 4. The summed E-state index contributed by atoms with van der Waals surface area (Å²) in [5.41, 5.74) is 0. The normalized spacial score (nSPS) is 22.9. The van der Waals surface area contributed by atoms with E-state index in [1.165, 1.54) is 36.8 Å². The van der Waals surface area contributed by atoms with Crippen molar-refractivity contribution in [1.29, 1.82) is 5.26 Å². The Kier molecular flexibility index (Phi) is 3.38. The maximum atomic E-state index is 12.3. The van der Waals surface area contributed by atoms with Crippen LogP contribution in [0, 0.1) is 17.2 Å². The van der Waals surface area contributed by atoms with Gasteiger partial charge in [-0.15, -0.1) is 0 Å². The van der Waals surface area contributed by atoms with Crippen molar-refractivity contribution in [2.24, 2.45) is 5.92 Å². The summed E-state index contributed by atoms with van der Waals surface area (Å²) < 4.78 is 0. The van der Waals surface area contributed by atoms with Crippen LogP contribution in [-0.4, -0.2) is 28.5 Å². The Balaban J connectivity index is 1.66. The van der Waals surface area contributed by atoms with E-state index in [2.05, 4.69) is 10.3 Å². The first-order valence-corrected chi connectivity index (χ1v) is 7.53. The summed E-state index contributed by atoms with van der Waals surface area (Å²) in [6.07, 6.45) is 7.43. The highest BCUT2D eigenvalue weighted by Gasteiger charge is 2.38.